The molecule has 0 N–H and O–H groups in total. The standard InChI is InChI=1S/C7H2F14O3S/c8-1(3(11,6(16,17)18)25(22,23)24)2(9,10)4(12,13)5(14,15)7(19,20)21/h1H,(H,22,23,24)/p-1. The van der Waals surface area contributed by atoms with Crippen LogP contribution in [0.25, 0.3) is 0 Å². The second-order valence-corrected chi connectivity index (χ2v) is 5.73. The number of rotatable bonds is 5. The summed E-state index contributed by atoms with van der Waals surface area (Å²) in [5, 5.41) is -7.46. The molecular weight excluding hydrogens is 430 g/mol. The van der Waals surface area contributed by atoms with E-state index in [-0.39, 0.29) is 0 Å². The lowest BCUT2D eigenvalue weighted by molar-refractivity contribution is -0.409. The smallest absolute Gasteiger partial charge is 0.460 e. The molecule has 0 bridgehead atoms. The molecule has 0 saturated heterocycles. The predicted molar refractivity (Wildman–Crippen MR) is 45.4 cm³/mol. The van der Waals surface area contributed by atoms with Crippen LogP contribution in [0.3, 0.4) is 0 Å². The summed E-state index contributed by atoms with van der Waals surface area (Å²) >= 11 is 0. The molecule has 0 aromatic carbocycles. The Labute approximate surface area is 127 Å². The van der Waals surface area contributed by atoms with Crippen molar-refractivity contribution >= 4 is 10.1 Å². The normalized spacial score (nSPS) is 19.5. The molecule has 0 radical (unpaired) electrons. The molecule has 0 fully saturated rings. The molecule has 0 saturated carbocycles. The maximum Gasteiger partial charge on any atom is 0.460 e. The van der Waals surface area contributed by atoms with E-state index in [1.54, 1.807) is 0 Å². The van der Waals surface area contributed by atoms with Gasteiger partial charge in [-0.2, -0.15) is 52.7 Å². The van der Waals surface area contributed by atoms with Crippen LogP contribution in [0.5, 0.6) is 0 Å². The largest absolute Gasteiger partial charge is 0.745 e. The molecule has 0 aromatic rings. The van der Waals surface area contributed by atoms with E-state index in [0.717, 1.165) is 0 Å². The Balaban J connectivity index is 6.61. The Morgan fingerprint density at radius 1 is 0.640 bits per heavy atom. The summed E-state index contributed by atoms with van der Waals surface area (Å²) in [5.41, 5.74) is 0. The highest BCUT2D eigenvalue weighted by atomic mass is 32.2. The van der Waals surface area contributed by atoms with Gasteiger partial charge in [0.05, 0.1) is 0 Å². The Kier molecular flexibility index (Phi) is 5.47. The maximum atomic E-state index is 13.2. The number of halogens is 14. The van der Waals surface area contributed by atoms with Gasteiger partial charge < -0.3 is 4.55 Å². The van der Waals surface area contributed by atoms with E-state index in [9.17, 15) is 74.4 Å². The Bertz CT molecular complexity index is 603. The van der Waals surface area contributed by atoms with E-state index < -0.39 is 51.4 Å². The van der Waals surface area contributed by atoms with Gasteiger partial charge in [-0.05, 0) is 0 Å². The minimum absolute atomic E-state index is 6.68. The first-order valence-electron chi connectivity index (χ1n) is 4.96. The van der Waals surface area contributed by atoms with Gasteiger partial charge in [-0.15, -0.1) is 0 Å². The Hall–Kier alpha value is -1.07. The van der Waals surface area contributed by atoms with E-state index in [0.29, 0.717) is 0 Å². The number of hydrogen-bond donors (Lipinski definition) is 0. The van der Waals surface area contributed by atoms with Crippen LogP contribution in [0.15, 0.2) is 0 Å². The number of hydrogen-bond acceptors (Lipinski definition) is 3. The summed E-state index contributed by atoms with van der Waals surface area (Å²) < 4.78 is 204. The van der Waals surface area contributed by atoms with Crippen LogP contribution >= 0.6 is 0 Å². The quantitative estimate of drug-likeness (QED) is 0.494. The lowest BCUT2D eigenvalue weighted by Gasteiger charge is -2.40. The molecule has 2 unspecified atom stereocenters. The third-order valence-corrected chi connectivity index (χ3v) is 3.73. The van der Waals surface area contributed by atoms with Gasteiger partial charge in [0.25, 0.3) is 0 Å². The lowest BCUT2D eigenvalue weighted by Crippen LogP contribution is -2.70. The zero-order valence-corrected chi connectivity index (χ0v) is 11.3. The molecule has 25 heavy (non-hydrogen) atoms. The fourth-order valence-corrected chi connectivity index (χ4v) is 1.88. The molecule has 0 amide bonds. The summed E-state index contributed by atoms with van der Waals surface area (Å²) in [4.78, 5) is 0. The van der Waals surface area contributed by atoms with Gasteiger partial charge in [0.15, 0.2) is 0 Å². The number of alkyl halides is 14. The zero-order valence-electron chi connectivity index (χ0n) is 10.5. The second kappa shape index (κ2) is 5.71. The topological polar surface area (TPSA) is 57.2 Å². The second-order valence-electron chi connectivity index (χ2n) is 4.23. The first-order chi connectivity index (χ1) is 10.4. The van der Waals surface area contributed by atoms with Crippen molar-refractivity contribution in [2.75, 3.05) is 0 Å². The zero-order chi connectivity index (χ0) is 21.1. The molecule has 0 rings (SSSR count). The summed E-state index contributed by atoms with van der Waals surface area (Å²) in [6.07, 6.45) is -21.8. The van der Waals surface area contributed by atoms with Crippen LogP contribution in [0.4, 0.5) is 61.5 Å². The van der Waals surface area contributed by atoms with E-state index in [2.05, 4.69) is 0 Å². The van der Waals surface area contributed by atoms with Crippen molar-refractivity contribution in [3.8, 4) is 0 Å². The molecule has 0 aliphatic carbocycles. The van der Waals surface area contributed by atoms with Gasteiger partial charge in [-0.3, -0.25) is 0 Å². The van der Waals surface area contributed by atoms with E-state index in [1.165, 1.54) is 0 Å². The third kappa shape index (κ3) is 3.21. The van der Waals surface area contributed by atoms with Crippen LogP contribution in [-0.2, 0) is 10.1 Å². The van der Waals surface area contributed by atoms with Gasteiger partial charge in [-0.1, -0.05) is 0 Å². The summed E-state index contributed by atoms with van der Waals surface area (Å²) in [6, 6.07) is 0. The van der Waals surface area contributed by atoms with Crippen LogP contribution in [-0.4, -0.2) is 54.3 Å². The van der Waals surface area contributed by atoms with Crippen molar-refractivity contribution in [1.29, 1.82) is 0 Å². The van der Waals surface area contributed by atoms with Gasteiger partial charge in [0.2, 0.25) is 6.17 Å². The van der Waals surface area contributed by atoms with Crippen LogP contribution in [0.1, 0.15) is 0 Å². The lowest BCUT2D eigenvalue weighted by atomic mass is 9.96. The van der Waals surface area contributed by atoms with Gasteiger partial charge in [0.1, 0.15) is 10.1 Å². The summed E-state index contributed by atoms with van der Waals surface area (Å²) in [5.74, 6) is -24.0. The minimum Gasteiger partial charge on any atom is -0.745 e. The van der Waals surface area contributed by atoms with E-state index in [4.69, 9.17) is 0 Å². The Morgan fingerprint density at radius 2 is 0.960 bits per heavy atom. The van der Waals surface area contributed by atoms with Crippen LogP contribution < -0.4 is 0 Å². The fraction of sp³-hybridized carbons (Fsp3) is 1.00. The predicted octanol–water partition coefficient (Wildman–Crippen LogP) is 3.57. The molecule has 0 aliphatic rings. The van der Waals surface area contributed by atoms with Crippen LogP contribution in [0.2, 0.25) is 0 Å². The Morgan fingerprint density at radius 3 is 1.16 bits per heavy atom. The molecule has 0 aromatic heterocycles. The molecule has 0 aliphatic heterocycles. The van der Waals surface area contributed by atoms with Gasteiger partial charge >= 0.3 is 35.1 Å². The summed E-state index contributed by atoms with van der Waals surface area (Å²) in [6.45, 7) is 0. The third-order valence-electron chi connectivity index (χ3n) is 2.56. The average Bonchev–Trinajstić information content (AvgIpc) is 2.31. The van der Waals surface area contributed by atoms with Gasteiger partial charge in [-0.25, -0.2) is 17.2 Å². The highest BCUT2D eigenvalue weighted by Crippen LogP contribution is 2.58. The highest BCUT2D eigenvalue weighted by molar-refractivity contribution is 7.87. The van der Waals surface area contributed by atoms with Crippen molar-refractivity contribution in [3.05, 3.63) is 0 Å². The fourth-order valence-electron chi connectivity index (χ4n) is 1.19. The molecule has 0 spiro atoms. The summed E-state index contributed by atoms with van der Waals surface area (Å²) in [7, 11) is -8.00. The molecule has 18 heteroatoms. The molecule has 3 nitrogen and oxygen atoms in total. The van der Waals surface area contributed by atoms with Crippen molar-refractivity contribution in [2.45, 2.75) is 41.3 Å². The molecule has 2 atom stereocenters. The first-order valence-corrected chi connectivity index (χ1v) is 6.36. The minimum atomic E-state index is -8.12. The van der Waals surface area contributed by atoms with Crippen LogP contribution in [0, 0.1) is 0 Å². The monoisotopic (exact) mass is 431 g/mol. The van der Waals surface area contributed by atoms with Crippen molar-refractivity contribution in [1.82, 2.24) is 0 Å². The van der Waals surface area contributed by atoms with Crippen molar-refractivity contribution < 1.29 is 74.4 Å². The first kappa shape index (κ1) is 23.9. The maximum absolute atomic E-state index is 13.2. The van der Waals surface area contributed by atoms with Crippen molar-refractivity contribution in [2.24, 2.45) is 0 Å². The molecule has 0 heterocycles. The average molecular weight is 431 g/mol. The highest BCUT2D eigenvalue weighted by Gasteiger charge is 2.87. The van der Waals surface area contributed by atoms with E-state index in [1.807, 2.05) is 0 Å². The molecular formula is C7HF14O3S-. The van der Waals surface area contributed by atoms with E-state index >= 15 is 0 Å². The van der Waals surface area contributed by atoms with Crippen molar-refractivity contribution in [3.63, 3.8) is 0 Å². The molecule has 152 valence electrons. The van der Waals surface area contributed by atoms with Gasteiger partial charge in [0, 0.05) is 0 Å². The SMILES string of the molecule is O=S(=O)([O-])C(F)(C(F)C(F)(F)C(F)(F)C(F)(F)C(F)(F)F)C(F)(F)F.